The van der Waals surface area contributed by atoms with Gasteiger partial charge < -0.3 is 19.3 Å². The lowest BCUT2D eigenvalue weighted by Gasteiger charge is -2.36. The zero-order valence-electron chi connectivity index (χ0n) is 13.8. The number of hydrogen-bond donors (Lipinski definition) is 1. The summed E-state index contributed by atoms with van der Waals surface area (Å²) in [6.07, 6.45) is 4.19. The minimum absolute atomic E-state index is 0.00636. The van der Waals surface area contributed by atoms with Crippen molar-refractivity contribution in [1.29, 1.82) is 0 Å². The summed E-state index contributed by atoms with van der Waals surface area (Å²) < 4.78 is 16.6. The lowest BCUT2D eigenvalue weighted by atomic mass is 9.84. The summed E-state index contributed by atoms with van der Waals surface area (Å²) in [5.74, 6) is -0.310. The number of carbonyl (C=O) groups excluding carboxylic acids is 1. The summed E-state index contributed by atoms with van der Waals surface area (Å²) in [5, 5.41) is 11.2. The first-order chi connectivity index (χ1) is 11.7. The van der Waals surface area contributed by atoms with Gasteiger partial charge in [0.25, 0.3) is 0 Å². The fourth-order valence-corrected chi connectivity index (χ4v) is 3.64. The Morgan fingerprint density at radius 1 is 1.54 bits per heavy atom. The van der Waals surface area contributed by atoms with Gasteiger partial charge >= 0.3 is 5.97 Å². The van der Waals surface area contributed by atoms with Crippen LogP contribution >= 0.6 is 11.3 Å². The van der Waals surface area contributed by atoms with Crippen molar-refractivity contribution in [2.45, 2.75) is 32.0 Å². The molecule has 5 nitrogen and oxygen atoms in total. The number of allylic oxidation sites excluding steroid dienone is 1. The minimum atomic E-state index is -0.537. The second-order valence-electron chi connectivity index (χ2n) is 5.43. The number of carbonyl (C=O) groups is 1. The number of aliphatic hydroxyl groups is 1. The molecule has 0 saturated heterocycles. The van der Waals surface area contributed by atoms with Gasteiger partial charge in [-0.15, -0.1) is 11.3 Å². The highest BCUT2D eigenvalue weighted by Crippen LogP contribution is 2.41. The van der Waals surface area contributed by atoms with Crippen LogP contribution < -0.4 is 0 Å². The van der Waals surface area contributed by atoms with E-state index in [2.05, 4.69) is 6.58 Å². The minimum Gasteiger partial charge on any atom is -0.457 e. The number of ether oxygens (including phenoxy) is 3. The lowest BCUT2D eigenvalue weighted by Crippen LogP contribution is -2.36. The highest BCUT2D eigenvalue weighted by molar-refractivity contribution is 7.10. The molecule has 24 heavy (non-hydrogen) atoms. The van der Waals surface area contributed by atoms with Crippen molar-refractivity contribution in [3.8, 4) is 0 Å². The van der Waals surface area contributed by atoms with E-state index in [1.165, 1.54) is 6.08 Å². The molecule has 0 spiro atoms. The van der Waals surface area contributed by atoms with Gasteiger partial charge in [-0.05, 0) is 37.3 Å². The maximum Gasteiger partial charge on any atom is 0.373 e. The first kappa shape index (κ1) is 18.7. The van der Waals surface area contributed by atoms with Crippen LogP contribution in [-0.4, -0.2) is 37.2 Å². The normalized spacial score (nSPS) is 23.2. The summed E-state index contributed by atoms with van der Waals surface area (Å²) in [6.45, 7) is 6.16. The van der Waals surface area contributed by atoms with Gasteiger partial charge in [0.15, 0.2) is 0 Å². The number of thiophene rings is 1. The van der Waals surface area contributed by atoms with E-state index in [4.69, 9.17) is 14.2 Å². The summed E-state index contributed by atoms with van der Waals surface area (Å²) in [5.41, 5.74) is 0. The maximum atomic E-state index is 12.2. The molecule has 0 aromatic carbocycles. The molecule has 1 aromatic heterocycles. The number of aliphatic hydroxyl groups excluding tert-OH is 1. The average molecular weight is 352 g/mol. The Morgan fingerprint density at radius 3 is 3.00 bits per heavy atom. The van der Waals surface area contributed by atoms with Crippen molar-refractivity contribution in [1.82, 2.24) is 0 Å². The van der Waals surface area contributed by atoms with E-state index in [1.54, 1.807) is 11.3 Å². The first-order valence-electron chi connectivity index (χ1n) is 8.13. The molecule has 2 rings (SSSR count). The summed E-state index contributed by atoms with van der Waals surface area (Å²) in [4.78, 5) is 13.3. The largest absolute Gasteiger partial charge is 0.457 e. The van der Waals surface area contributed by atoms with Crippen molar-refractivity contribution in [3.05, 3.63) is 46.9 Å². The predicted octanol–water partition coefficient (Wildman–Crippen LogP) is 3.23. The molecule has 0 aliphatic carbocycles. The Bertz CT molecular complexity index is 552. The van der Waals surface area contributed by atoms with Gasteiger partial charge in [0.1, 0.15) is 6.61 Å². The molecule has 1 aliphatic heterocycles. The van der Waals surface area contributed by atoms with E-state index >= 15 is 0 Å². The number of hydrogen-bond acceptors (Lipinski definition) is 6. The topological polar surface area (TPSA) is 65.0 Å². The van der Waals surface area contributed by atoms with Crippen LogP contribution in [-0.2, 0) is 19.0 Å². The SMILES string of the molecule is C=CCOC(=O)C1=C[C@@H](c2cccs2)[C@@H](CCCO)[C@@H](OCC)O1. The van der Waals surface area contributed by atoms with Crippen LogP contribution in [0.25, 0.3) is 0 Å². The zero-order chi connectivity index (χ0) is 17.4. The van der Waals surface area contributed by atoms with Crippen LogP contribution in [0.4, 0.5) is 0 Å². The quantitative estimate of drug-likeness (QED) is 0.546. The van der Waals surface area contributed by atoms with Gasteiger partial charge in [-0.2, -0.15) is 0 Å². The van der Waals surface area contributed by atoms with Gasteiger partial charge in [0, 0.05) is 29.9 Å². The van der Waals surface area contributed by atoms with Crippen LogP contribution in [0.1, 0.15) is 30.6 Å². The average Bonchev–Trinajstić information content (AvgIpc) is 3.12. The van der Waals surface area contributed by atoms with Gasteiger partial charge in [-0.3, -0.25) is 0 Å². The fourth-order valence-electron chi connectivity index (χ4n) is 2.77. The molecular formula is C18H24O5S. The first-order valence-corrected chi connectivity index (χ1v) is 9.01. The molecule has 6 heteroatoms. The fraction of sp³-hybridized carbons (Fsp3) is 0.500. The van der Waals surface area contributed by atoms with Crippen LogP contribution in [0, 0.1) is 5.92 Å². The molecule has 0 bridgehead atoms. The van der Waals surface area contributed by atoms with E-state index in [9.17, 15) is 9.90 Å². The van der Waals surface area contributed by atoms with Gasteiger partial charge in [-0.1, -0.05) is 18.7 Å². The predicted molar refractivity (Wildman–Crippen MR) is 92.6 cm³/mol. The summed E-state index contributed by atoms with van der Waals surface area (Å²) in [6, 6.07) is 4.02. The molecule has 0 unspecified atom stereocenters. The highest BCUT2D eigenvalue weighted by atomic mass is 32.1. The Hall–Kier alpha value is -1.63. The third-order valence-corrected chi connectivity index (χ3v) is 4.79. The third-order valence-electron chi connectivity index (χ3n) is 3.82. The lowest BCUT2D eigenvalue weighted by molar-refractivity contribution is -0.175. The van der Waals surface area contributed by atoms with Crippen LogP contribution in [0.3, 0.4) is 0 Å². The van der Waals surface area contributed by atoms with Crippen molar-refractivity contribution in [3.63, 3.8) is 0 Å². The van der Waals surface area contributed by atoms with E-state index in [1.807, 2.05) is 30.5 Å². The smallest absolute Gasteiger partial charge is 0.373 e. The van der Waals surface area contributed by atoms with E-state index in [-0.39, 0.29) is 30.8 Å². The molecule has 3 atom stereocenters. The van der Waals surface area contributed by atoms with E-state index < -0.39 is 12.3 Å². The van der Waals surface area contributed by atoms with Gasteiger partial charge in [0.05, 0.1) is 0 Å². The molecule has 0 saturated carbocycles. The van der Waals surface area contributed by atoms with E-state index in [0.717, 1.165) is 11.3 Å². The van der Waals surface area contributed by atoms with E-state index in [0.29, 0.717) is 13.0 Å². The van der Waals surface area contributed by atoms with Crippen LogP contribution in [0.15, 0.2) is 42.0 Å². The molecular weight excluding hydrogens is 328 g/mol. The van der Waals surface area contributed by atoms with Crippen molar-refractivity contribution in [2.24, 2.45) is 5.92 Å². The van der Waals surface area contributed by atoms with Crippen molar-refractivity contribution in [2.75, 3.05) is 19.8 Å². The van der Waals surface area contributed by atoms with Gasteiger partial charge in [-0.25, -0.2) is 4.79 Å². The molecule has 1 aliphatic rings. The molecule has 0 fully saturated rings. The summed E-state index contributed by atoms with van der Waals surface area (Å²) >= 11 is 1.63. The maximum absolute atomic E-state index is 12.2. The Kier molecular flexibility index (Phi) is 7.49. The highest BCUT2D eigenvalue weighted by Gasteiger charge is 2.38. The van der Waals surface area contributed by atoms with Crippen LogP contribution in [0.5, 0.6) is 0 Å². The monoisotopic (exact) mass is 352 g/mol. The molecule has 0 radical (unpaired) electrons. The van der Waals surface area contributed by atoms with Gasteiger partial charge in [0.2, 0.25) is 12.0 Å². The molecule has 132 valence electrons. The molecule has 0 amide bonds. The zero-order valence-corrected chi connectivity index (χ0v) is 14.7. The standard InChI is InChI=1S/C18H24O5S/c1-3-10-22-17(20)15-12-14(16-8-6-11-24-16)13(7-5-9-19)18(23-15)21-4-2/h3,6,8,11-14,18-19H,1,4-5,7,9-10H2,2H3/t13-,14-,18+/m1/s1. The Labute approximate surface area is 146 Å². The van der Waals surface area contributed by atoms with Crippen molar-refractivity contribution < 1.29 is 24.1 Å². The summed E-state index contributed by atoms with van der Waals surface area (Å²) in [7, 11) is 0. The van der Waals surface area contributed by atoms with Crippen LogP contribution in [0.2, 0.25) is 0 Å². The number of esters is 1. The molecule has 1 aromatic rings. The molecule has 1 N–H and O–H groups in total. The Balaban J connectivity index is 2.29. The Morgan fingerprint density at radius 2 is 2.38 bits per heavy atom. The second kappa shape index (κ2) is 9.61. The second-order valence-corrected chi connectivity index (χ2v) is 6.41. The number of rotatable bonds is 9. The molecule has 2 heterocycles. The third kappa shape index (κ3) is 4.69. The van der Waals surface area contributed by atoms with Crippen molar-refractivity contribution >= 4 is 17.3 Å².